The first-order chi connectivity index (χ1) is 10.6. The van der Waals surface area contributed by atoms with Crippen LogP contribution in [-0.4, -0.2) is 28.4 Å². The zero-order valence-electron chi connectivity index (χ0n) is 12.2. The number of hydrogen-bond donors (Lipinski definition) is 2. The van der Waals surface area contributed by atoms with E-state index < -0.39 is 5.97 Å². The van der Waals surface area contributed by atoms with Crippen LogP contribution in [0.3, 0.4) is 0 Å². The molecule has 0 aliphatic heterocycles. The maximum absolute atomic E-state index is 11.0. The molecule has 0 atom stereocenters. The normalized spacial score (nSPS) is 15.2. The first-order valence-electron chi connectivity index (χ1n) is 7.26. The Morgan fingerprint density at radius 2 is 2.09 bits per heavy atom. The molecule has 1 aromatic carbocycles. The number of aromatic amines is 1. The van der Waals surface area contributed by atoms with Crippen LogP contribution in [0.5, 0.6) is 5.75 Å². The van der Waals surface area contributed by atoms with Crippen LogP contribution in [0.25, 0.3) is 11.3 Å². The van der Waals surface area contributed by atoms with E-state index in [1.54, 1.807) is 13.2 Å². The lowest BCUT2D eigenvalue weighted by Gasteiger charge is -2.17. The zero-order valence-corrected chi connectivity index (χ0v) is 13.0. The third-order valence-corrected chi connectivity index (χ3v) is 4.46. The molecule has 5 nitrogen and oxygen atoms in total. The van der Waals surface area contributed by atoms with Crippen molar-refractivity contribution in [1.29, 1.82) is 0 Å². The van der Waals surface area contributed by atoms with E-state index in [-0.39, 0.29) is 5.69 Å². The molecule has 0 radical (unpaired) electrons. The number of aromatic nitrogens is 2. The Bertz CT molecular complexity index is 705. The van der Waals surface area contributed by atoms with Crippen molar-refractivity contribution in [1.82, 2.24) is 10.2 Å². The second-order valence-electron chi connectivity index (χ2n) is 5.53. The molecule has 0 saturated heterocycles. The molecule has 1 aromatic heterocycles. The van der Waals surface area contributed by atoms with Crippen LogP contribution in [0.1, 0.15) is 47.7 Å². The van der Waals surface area contributed by atoms with Gasteiger partial charge in [-0.15, -0.1) is 0 Å². The fourth-order valence-electron chi connectivity index (χ4n) is 3.10. The third-order valence-electron chi connectivity index (χ3n) is 4.18. The molecule has 2 N–H and O–H groups in total. The van der Waals surface area contributed by atoms with Crippen molar-refractivity contribution in [2.75, 3.05) is 7.11 Å². The lowest BCUT2D eigenvalue weighted by molar-refractivity contribution is 0.0690. The fourth-order valence-corrected chi connectivity index (χ4v) is 3.40. The van der Waals surface area contributed by atoms with Gasteiger partial charge in [0, 0.05) is 5.56 Å². The van der Waals surface area contributed by atoms with Crippen LogP contribution < -0.4 is 4.74 Å². The summed E-state index contributed by atoms with van der Waals surface area (Å²) in [5, 5.41) is 16.1. The Hall–Kier alpha value is -2.01. The molecule has 0 unspecified atom stereocenters. The maximum atomic E-state index is 11.0. The number of rotatable bonds is 4. The molecule has 1 aliphatic rings. The van der Waals surface area contributed by atoms with Gasteiger partial charge in [0.2, 0.25) is 0 Å². The number of carboxylic acid groups (broad SMARTS) is 1. The summed E-state index contributed by atoms with van der Waals surface area (Å²) in [6.45, 7) is 0. The highest BCUT2D eigenvalue weighted by Gasteiger charge is 2.23. The van der Waals surface area contributed by atoms with Crippen molar-refractivity contribution in [3.05, 3.63) is 34.5 Å². The van der Waals surface area contributed by atoms with Gasteiger partial charge in [0.25, 0.3) is 0 Å². The summed E-state index contributed by atoms with van der Waals surface area (Å²) in [6.07, 6.45) is 4.66. The number of carboxylic acids is 1. The smallest absolute Gasteiger partial charge is 0.353 e. The van der Waals surface area contributed by atoms with Gasteiger partial charge in [-0.05, 0) is 42.5 Å². The summed E-state index contributed by atoms with van der Waals surface area (Å²) < 4.78 is 5.47. The zero-order chi connectivity index (χ0) is 15.7. The number of ether oxygens (including phenoxy) is 1. The van der Waals surface area contributed by atoms with E-state index in [0.29, 0.717) is 22.4 Å². The molecule has 0 bridgehead atoms. The molecular weight excluding hydrogens is 304 g/mol. The van der Waals surface area contributed by atoms with E-state index in [4.69, 9.17) is 21.4 Å². The molecule has 1 saturated carbocycles. The predicted octanol–water partition coefficient (Wildman–Crippen LogP) is 4.09. The molecule has 2 aromatic rings. The van der Waals surface area contributed by atoms with Crippen LogP contribution in [0.2, 0.25) is 5.02 Å². The Morgan fingerprint density at radius 1 is 1.36 bits per heavy atom. The Labute approximate surface area is 133 Å². The fraction of sp³-hybridized carbons (Fsp3) is 0.375. The molecule has 1 heterocycles. The second-order valence-corrected chi connectivity index (χ2v) is 5.94. The minimum atomic E-state index is -1.03. The predicted molar refractivity (Wildman–Crippen MR) is 83.8 cm³/mol. The number of aromatic carboxylic acids is 1. The molecule has 22 heavy (non-hydrogen) atoms. The number of benzene rings is 1. The van der Waals surface area contributed by atoms with E-state index in [1.165, 1.54) is 18.9 Å². The third kappa shape index (κ3) is 2.68. The van der Waals surface area contributed by atoms with Gasteiger partial charge in [0.15, 0.2) is 0 Å². The lowest BCUT2D eigenvalue weighted by Crippen LogP contribution is -1.99. The van der Waals surface area contributed by atoms with Crippen molar-refractivity contribution >= 4 is 17.6 Å². The van der Waals surface area contributed by atoms with Gasteiger partial charge in [0.05, 0.1) is 17.8 Å². The monoisotopic (exact) mass is 320 g/mol. The molecule has 0 spiro atoms. The second kappa shape index (κ2) is 6.01. The minimum absolute atomic E-state index is 0.0596. The van der Waals surface area contributed by atoms with E-state index in [2.05, 4.69) is 10.2 Å². The number of nitrogens with one attached hydrogen (secondary N) is 1. The summed E-state index contributed by atoms with van der Waals surface area (Å²) in [7, 11) is 1.62. The lowest BCUT2D eigenvalue weighted by atomic mass is 9.94. The van der Waals surface area contributed by atoms with E-state index in [1.807, 2.05) is 6.07 Å². The van der Waals surface area contributed by atoms with Crippen molar-refractivity contribution < 1.29 is 14.6 Å². The SMILES string of the molecule is COc1c(Cl)cc(-c2cc(C(=O)O)[nH]n2)cc1C1CCCC1. The summed E-state index contributed by atoms with van der Waals surface area (Å²) in [5.74, 6) is 0.117. The molecular formula is C16H17ClN2O3. The number of hydrogen-bond acceptors (Lipinski definition) is 3. The molecule has 6 heteroatoms. The highest BCUT2D eigenvalue weighted by atomic mass is 35.5. The molecule has 0 amide bonds. The Balaban J connectivity index is 2.06. The average Bonchev–Trinajstić information content (AvgIpc) is 3.18. The largest absolute Gasteiger partial charge is 0.495 e. The average molecular weight is 321 g/mol. The van der Waals surface area contributed by atoms with Crippen molar-refractivity contribution in [3.63, 3.8) is 0 Å². The van der Waals surface area contributed by atoms with Gasteiger partial charge in [0.1, 0.15) is 11.4 Å². The van der Waals surface area contributed by atoms with E-state index >= 15 is 0 Å². The highest BCUT2D eigenvalue weighted by Crippen LogP contribution is 2.43. The molecule has 116 valence electrons. The van der Waals surface area contributed by atoms with Gasteiger partial charge >= 0.3 is 5.97 Å². The summed E-state index contributed by atoms with van der Waals surface area (Å²) in [5.41, 5.74) is 2.52. The van der Waals surface area contributed by atoms with Crippen LogP contribution in [-0.2, 0) is 0 Å². The van der Waals surface area contributed by atoms with Gasteiger partial charge in [-0.1, -0.05) is 24.4 Å². The van der Waals surface area contributed by atoms with Crippen molar-refractivity contribution in [3.8, 4) is 17.0 Å². The number of nitrogens with zero attached hydrogens (tertiary/aromatic N) is 1. The topological polar surface area (TPSA) is 75.2 Å². The molecule has 3 rings (SSSR count). The maximum Gasteiger partial charge on any atom is 0.353 e. The van der Waals surface area contributed by atoms with Gasteiger partial charge < -0.3 is 9.84 Å². The van der Waals surface area contributed by atoms with Crippen molar-refractivity contribution in [2.45, 2.75) is 31.6 Å². The van der Waals surface area contributed by atoms with Crippen LogP contribution in [0.15, 0.2) is 18.2 Å². The van der Waals surface area contributed by atoms with Gasteiger partial charge in [-0.3, -0.25) is 5.10 Å². The number of H-pyrrole nitrogens is 1. The first kappa shape index (κ1) is 14.9. The Morgan fingerprint density at radius 3 is 2.68 bits per heavy atom. The van der Waals surface area contributed by atoms with Crippen LogP contribution >= 0.6 is 11.6 Å². The number of halogens is 1. The summed E-state index contributed by atoms with van der Waals surface area (Å²) >= 11 is 6.35. The van der Waals surface area contributed by atoms with Crippen molar-refractivity contribution in [2.24, 2.45) is 0 Å². The summed E-state index contributed by atoms with van der Waals surface area (Å²) in [4.78, 5) is 11.0. The minimum Gasteiger partial charge on any atom is -0.495 e. The quantitative estimate of drug-likeness (QED) is 0.889. The van der Waals surface area contributed by atoms with Crippen LogP contribution in [0.4, 0.5) is 0 Å². The first-order valence-corrected chi connectivity index (χ1v) is 7.64. The molecule has 1 fully saturated rings. The van der Waals surface area contributed by atoms with E-state index in [0.717, 1.165) is 24.0 Å². The summed E-state index contributed by atoms with van der Waals surface area (Å²) in [6, 6.07) is 5.29. The Kier molecular flexibility index (Phi) is 4.07. The van der Waals surface area contributed by atoms with Gasteiger partial charge in [-0.2, -0.15) is 5.10 Å². The number of carbonyl (C=O) groups is 1. The van der Waals surface area contributed by atoms with Gasteiger partial charge in [-0.25, -0.2) is 4.79 Å². The highest BCUT2D eigenvalue weighted by molar-refractivity contribution is 6.32. The molecule has 1 aliphatic carbocycles. The standard InChI is InChI=1S/C16H17ClN2O3/c1-22-15-11(9-4-2-3-5-9)6-10(7-12(15)17)13-8-14(16(20)21)19-18-13/h6-9H,2-5H2,1H3,(H,18,19)(H,20,21). The number of methoxy groups -OCH3 is 1. The van der Waals surface area contributed by atoms with Crippen LogP contribution in [0, 0.1) is 0 Å². The van der Waals surface area contributed by atoms with E-state index in [9.17, 15) is 4.79 Å².